The average Bonchev–Trinajstić information content (AvgIpc) is 3.10. The fourth-order valence-electron chi connectivity index (χ4n) is 4.15. The van der Waals surface area contributed by atoms with Crippen LogP contribution in [0.1, 0.15) is 35.1 Å². The van der Waals surface area contributed by atoms with Crippen molar-refractivity contribution in [3.8, 4) is 5.75 Å². The molecule has 1 aliphatic carbocycles. The van der Waals surface area contributed by atoms with Crippen molar-refractivity contribution in [2.24, 2.45) is 5.92 Å². The number of fused-ring (bicyclic) bond motifs is 3. The number of allylic oxidation sites excluding steroid dienone is 2. The Labute approximate surface area is 154 Å². The molecule has 2 nitrogen and oxygen atoms in total. The van der Waals surface area contributed by atoms with Crippen molar-refractivity contribution in [2.75, 3.05) is 12.4 Å². The first-order valence-corrected chi connectivity index (χ1v) is 8.75. The van der Waals surface area contributed by atoms with Gasteiger partial charge in [-0.3, -0.25) is 0 Å². The lowest BCUT2D eigenvalue weighted by atomic mass is 9.75. The maximum Gasteiger partial charge on any atom is 0.416 e. The number of anilines is 1. The van der Waals surface area contributed by atoms with E-state index in [0.29, 0.717) is 22.9 Å². The van der Waals surface area contributed by atoms with Crippen LogP contribution in [-0.2, 0) is 6.18 Å². The molecule has 0 spiro atoms. The van der Waals surface area contributed by atoms with E-state index in [-0.39, 0.29) is 23.4 Å². The minimum Gasteiger partial charge on any atom is -0.496 e. The first-order valence-electron chi connectivity index (χ1n) is 8.37. The molecule has 0 fully saturated rings. The van der Waals surface area contributed by atoms with Gasteiger partial charge in [-0.25, -0.2) is 0 Å². The van der Waals surface area contributed by atoms with Gasteiger partial charge in [-0.2, -0.15) is 13.2 Å². The van der Waals surface area contributed by atoms with E-state index < -0.39 is 11.7 Å². The topological polar surface area (TPSA) is 21.3 Å². The molecule has 0 saturated carbocycles. The monoisotopic (exact) mass is 379 g/mol. The largest absolute Gasteiger partial charge is 0.496 e. The van der Waals surface area contributed by atoms with E-state index in [1.165, 1.54) is 6.07 Å². The second-order valence-corrected chi connectivity index (χ2v) is 7.01. The van der Waals surface area contributed by atoms with Crippen LogP contribution in [0.15, 0.2) is 48.6 Å². The number of benzene rings is 2. The predicted octanol–water partition coefficient (Wildman–Crippen LogP) is 6.19. The lowest BCUT2D eigenvalue weighted by molar-refractivity contribution is -0.138. The van der Waals surface area contributed by atoms with E-state index in [2.05, 4.69) is 5.32 Å². The van der Waals surface area contributed by atoms with Crippen LogP contribution in [0.5, 0.6) is 5.75 Å². The summed E-state index contributed by atoms with van der Waals surface area (Å²) in [5.41, 5.74) is 0.914. The molecule has 2 aromatic rings. The number of alkyl halides is 3. The van der Waals surface area contributed by atoms with Gasteiger partial charge in [0.1, 0.15) is 5.75 Å². The van der Waals surface area contributed by atoms with Crippen molar-refractivity contribution < 1.29 is 17.9 Å². The third-order valence-corrected chi connectivity index (χ3v) is 5.56. The molecule has 6 heteroatoms. The predicted molar refractivity (Wildman–Crippen MR) is 95.8 cm³/mol. The van der Waals surface area contributed by atoms with Crippen LogP contribution in [0.3, 0.4) is 0 Å². The number of halogens is 4. The van der Waals surface area contributed by atoms with Gasteiger partial charge in [0.2, 0.25) is 0 Å². The molecule has 0 bridgehead atoms. The van der Waals surface area contributed by atoms with Crippen LogP contribution in [0, 0.1) is 5.92 Å². The molecule has 1 aliphatic heterocycles. The molecular formula is C20H17ClF3NO. The number of rotatable bonds is 2. The maximum absolute atomic E-state index is 13.6. The Balaban J connectivity index is 1.89. The van der Waals surface area contributed by atoms with Gasteiger partial charge >= 0.3 is 6.18 Å². The van der Waals surface area contributed by atoms with Gasteiger partial charge in [-0.15, -0.1) is 0 Å². The standard InChI is InChI=1S/C20H17ClF3NO/c1-26-16-8-3-2-5-13(16)18-12-7-4-6-11(12)17-14(20(22,23)24)9-10-15(21)19(17)25-18/h2-6,8-12,18,25H,7H2,1H3/t11-,12-,18+/m1/s1. The lowest BCUT2D eigenvalue weighted by Gasteiger charge is -2.39. The molecule has 2 aliphatic rings. The van der Waals surface area contributed by atoms with E-state index in [1.54, 1.807) is 7.11 Å². The van der Waals surface area contributed by atoms with Gasteiger partial charge in [0, 0.05) is 11.5 Å². The second-order valence-electron chi connectivity index (χ2n) is 6.60. The third-order valence-electron chi connectivity index (χ3n) is 5.25. The summed E-state index contributed by atoms with van der Waals surface area (Å²) in [5, 5.41) is 3.59. The zero-order valence-corrected chi connectivity index (χ0v) is 14.7. The molecule has 0 radical (unpaired) electrons. The van der Waals surface area contributed by atoms with E-state index in [1.807, 2.05) is 36.4 Å². The first kappa shape index (κ1) is 17.3. The third kappa shape index (κ3) is 2.65. The summed E-state index contributed by atoms with van der Waals surface area (Å²) in [5.74, 6) is 0.344. The summed E-state index contributed by atoms with van der Waals surface area (Å²) in [4.78, 5) is 0. The zero-order chi connectivity index (χ0) is 18.5. The van der Waals surface area contributed by atoms with Gasteiger partial charge in [-0.1, -0.05) is 42.0 Å². The second kappa shape index (κ2) is 6.23. The van der Waals surface area contributed by atoms with Gasteiger partial charge in [0.15, 0.2) is 0 Å². The van der Waals surface area contributed by atoms with Gasteiger partial charge in [0.25, 0.3) is 0 Å². The van der Waals surface area contributed by atoms with E-state index >= 15 is 0 Å². The lowest BCUT2D eigenvalue weighted by Crippen LogP contribution is -2.31. The normalized spacial score (nSPS) is 24.0. The number of methoxy groups -OCH3 is 1. The molecule has 136 valence electrons. The van der Waals surface area contributed by atoms with E-state index in [0.717, 1.165) is 11.6 Å². The Morgan fingerprint density at radius 3 is 2.65 bits per heavy atom. The summed E-state index contributed by atoms with van der Waals surface area (Å²) in [6.45, 7) is 0. The number of nitrogens with one attached hydrogen (secondary N) is 1. The Morgan fingerprint density at radius 2 is 1.92 bits per heavy atom. The Kier molecular flexibility index (Phi) is 4.14. The molecule has 0 amide bonds. The van der Waals surface area contributed by atoms with Crippen molar-refractivity contribution in [3.05, 3.63) is 70.3 Å². The van der Waals surface area contributed by atoms with Crippen LogP contribution < -0.4 is 10.1 Å². The minimum absolute atomic E-state index is 0.0293. The molecule has 0 saturated heterocycles. The SMILES string of the molecule is COc1ccccc1[C@H]1Nc2c(Cl)ccc(C(F)(F)F)c2[C@@H]2C=CC[C@@H]12. The van der Waals surface area contributed by atoms with Crippen LogP contribution in [0.4, 0.5) is 18.9 Å². The smallest absolute Gasteiger partial charge is 0.416 e. The number of ether oxygens (including phenoxy) is 1. The summed E-state index contributed by atoms with van der Waals surface area (Å²) in [6, 6.07) is 9.79. The van der Waals surface area contributed by atoms with Crippen LogP contribution in [0.2, 0.25) is 5.02 Å². The van der Waals surface area contributed by atoms with Gasteiger partial charge in [-0.05, 0) is 36.1 Å². The van der Waals surface area contributed by atoms with Crippen molar-refractivity contribution >= 4 is 17.3 Å². The first-order chi connectivity index (χ1) is 12.4. The zero-order valence-electron chi connectivity index (χ0n) is 14.0. The highest BCUT2D eigenvalue weighted by Gasteiger charge is 2.45. The number of hydrogen-bond acceptors (Lipinski definition) is 2. The van der Waals surface area contributed by atoms with E-state index in [9.17, 15) is 13.2 Å². The highest BCUT2D eigenvalue weighted by atomic mass is 35.5. The van der Waals surface area contributed by atoms with Crippen LogP contribution in [-0.4, -0.2) is 7.11 Å². The molecule has 2 aromatic carbocycles. The Bertz CT molecular complexity index is 878. The van der Waals surface area contributed by atoms with E-state index in [4.69, 9.17) is 16.3 Å². The Morgan fingerprint density at radius 1 is 1.15 bits per heavy atom. The van der Waals surface area contributed by atoms with Gasteiger partial charge in [0.05, 0.1) is 29.4 Å². The number of para-hydroxylation sites is 1. The van der Waals surface area contributed by atoms with Crippen molar-refractivity contribution in [3.63, 3.8) is 0 Å². The molecule has 0 aromatic heterocycles. The molecular weight excluding hydrogens is 363 g/mol. The fraction of sp³-hybridized carbons (Fsp3) is 0.300. The molecule has 3 atom stereocenters. The van der Waals surface area contributed by atoms with Crippen LogP contribution >= 0.6 is 11.6 Å². The molecule has 4 rings (SSSR count). The molecule has 1 N–H and O–H groups in total. The minimum atomic E-state index is -4.42. The van der Waals surface area contributed by atoms with Crippen LogP contribution in [0.25, 0.3) is 0 Å². The average molecular weight is 380 g/mol. The molecule has 1 heterocycles. The highest BCUT2D eigenvalue weighted by molar-refractivity contribution is 6.33. The maximum atomic E-state index is 13.6. The Hall–Kier alpha value is -2.14. The molecule has 0 unspecified atom stereocenters. The summed E-state index contributed by atoms with van der Waals surface area (Å²) in [6.07, 6.45) is 0.103. The summed E-state index contributed by atoms with van der Waals surface area (Å²) >= 11 is 6.30. The fourth-order valence-corrected chi connectivity index (χ4v) is 4.37. The van der Waals surface area contributed by atoms with Crippen molar-refractivity contribution in [1.82, 2.24) is 0 Å². The quantitative estimate of drug-likeness (QED) is 0.628. The van der Waals surface area contributed by atoms with Crippen molar-refractivity contribution in [2.45, 2.75) is 24.6 Å². The number of hydrogen-bond donors (Lipinski definition) is 1. The van der Waals surface area contributed by atoms with Crippen molar-refractivity contribution in [1.29, 1.82) is 0 Å². The summed E-state index contributed by atoms with van der Waals surface area (Å²) < 4.78 is 46.2. The summed E-state index contributed by atoms with van der Waals surface area (Å²) in [7, 11) is 1.59. The van der Waals surface area contributed by atoms with Gasteiger partial charge < -0.3 is 10.1 Å². The molecule has 26 heavy (non-hydrogen) atoms. The highest BCUT2D eigenvalue weighted by Crippen LogP contribution is 2.55.